The molecule has 1 amide bonds. The third-order valence-electron chi connectivity index (χ3n) is 4.02. The van der Waals surface area contributed by atoms with Crippen molar-refractivity contribution < 1.29 is 4.79 Å². The summed E-state index contributed by atoms with van der Waals surface area (Å²) in [5, 5.41) is 3.29. The van der Waals surface area contributed by atoms with Gasteiger partial charge in [-0.2, -0.15) is 0 Å². The summed E-state index contributed by atoms with van der Waals surface area (Å²) in [7, 11) is 1.93. The molecule has 0 aromatic carbocycles. The Morgan fingerprint density at radius 2 is 1.94 bits per heavy atom. The van der Waals surface area contributed by atoms with Crippen LogP contribution in [0.5, 0.6) is 0 Å². The maximum atomic E-state index is 12.3. The summed E-state index contributed by atoms with van der Waals surface area (Å²) in [6.07, 6.45) is 0. The zero-order valence-electron chi connectivity index (χ0n) is 11.5. The Hall–Kier alpha value is -0.570. The predicted molar refractivity (Wildman–Crippen MR) is 67.2 cm³/mol. The third kappa shape index (κ3) is 2.76. The summed E-state index contributed by atoms with van der Waals surface area (Å²) in [6.45, 7) is 12.6. The second-order valence-corrected chi connectivity index (χ2v) is 6.23. The molecule has 1 aliphatic rings. The highest BCUT2D eigenvalue weighted by atomic mass is 16.2. The molecule has 0 aromatic heterocycles. The van der Waals surface area contributed by atoms with Crippen LogP contribution in [0.2, 0.25) is 0 Å². The summed E-state index contributed by atoms with van der Waals surface area (Å²) in [4.78, 5) is 14.3. The average molecular weight is 226 g/mol. The largest absolute Gasteiger partial charge is 0.342 e. The zero-order chi connectivity index (χ0) is 12.5. The van der Waals surface area contributed by atoms with Gasteiger partial charge in [-0.15, -0.1) is 0 Å². The molecule has 0 saturated carbocycles. The van der Waals surface area contributed by atoms with Gasteiger partial charge < -0.3 is 10.2 Å². The maximum absolute atomic E-state index is 12.3. The van der Waals surface area contributed by atoms with Gasteiger partial charge in [-0.25, -0.2) is 0 Å². The lowest BCUT2D eigenvalue weighted by Gasteiger charge is -2.37. The first-order valence-electron chi connectivity index (χ1n) is 6.22. The Labute approximate surface area is 99.6 Å². The molecule has 1 N–H and O–H groups in total. The molecule has 0 aromatic rings. The molecule has 16 heavy (non-hydrogen) atoms. The highest BCUT2D eigenvalue weighted by molar-refractivity contribution is 5.79. The minimum absolute atomic E-state index is 0.139. The van der Waals surface area contributed by atoms with Gasteiger partial charge in [0.1, 0.15) is 0 Å². The van der Waals surface area contributed by atoms with Crippen molar-refractivity contribution in [3.05, 3.63) is 0 Å². The van der Waals surface area contributed by atoms with Gasteiger partial charge >= 0.3 is 0 Å². The van der Waals surface area contributed by atoms with Crippen LogP contribution in [0.1, 0.15) is 34.6 Å². The fourth-order valence-corrected chi connectivity index (χ4v) is 2.17. The first kappa shape index (κ1) is 13.5. The number of carbonyl (C=O) groups is 1. The van der Waals surface area contributed by atoms with E-state index in [0.717, 1.165) is 13.1 Å². The predicted octanol–water partition coefficient (Wildman–Crippen LogP) is 1.73. The Bertz CT molecular complexity index is 257. The van der Waals surface area contributed by atoms with E-state index in [2.05, 4.69) is 39.9 Å². The molecule has 0 bridgehead atoms. The number of rotatable bonds is 2. The van der Waals surface area contributed by atoms with Gasteiger partial charge in [0.2, 0.25) is 5.91 Å². The van der Waals surface area contributed by atoms with E-state index in [1.165, 1.54) is 0 Å². The molecule has 3 heteroatoms. The Kier molecular flexibility index (Phi) is 4.00. The molecular formula is C13H26N2O. The van der Waals surface area contributed by atoms with Gasteiger partial charge in [-0.05, 0) is 24.8 Å². The standard InChI is InChI=1S/C13H26N2O/c1-9-7-14-8-11(9)12(16)15(6)10(2)13(3,4)5/h9-11,14H,7-8H2,1-6H3/t9-,10?,11-/m1/s1. The van der Waals surface area contributed by atoms with E-state index < -0.39 is 0 Å². The summed E-state index contributed by atoms with van der Waals surface area (Å²) in [5.41, 5.74) is 0.139. The molecule has 1 aliphatic heterocycles. The van der Waals surface area contributed by atoms with Crippen LogP contribution in [0.25, 0.3) is 0 Å². The highest BCUT2D eigenvalue weighted by Crippen LogP contribution is 2.26. The summed E-state index contributed by atoms with van der Waals surface area (Å²) in [6, 6.07) is 0.271. The van der Waals surface area contributed by atoms with Crippen molar-refractivity contribution in [2.45, 2.75) is 40.7 Å². The van der Waals surface area contributed by atoms with Crippen LogP contribution in [0, 0.1) is 17.3 Å². The normalized spacial score (nSPS) is 27.9. The monoisotopic (exact) mass is 226 g/mol. The molecular weight excluding hydrogens is 200 g/mol. The number of nitrogens with zero attached hydrogens (tertiary/aromatic N) is 1. The van der Waals surface area contributed by atoms with E-state index in [-0.39, 0.29) is 17.4 Å². The summed E-state index contributed by atoms with van der Waals surface area (Å²) >= 11 is 0. The fraction of sp³-hybridized carbons (Fsp3) is 0.923. The lowest BCUT2D eigenvalue weighted by atomic mass is 9.86. The van der Waals surface area contributed by atoms with Gasteiger partial charge in [-0.1, -0.05) is 27.7 Å². The van der Waals surface area contributed by atoms with Gasteiger partial charge in [0, 0.05) is 19.6 Å². The Morgan fingerprint density at radius 1 is 1.38 bits per heavy atom. The van der Waals surface area contributed by atoms with Gasteiger partial charge in [0.05, 0.1) is 5.92 Å². The molecule has 3 nitrogen and oxygen atoms in total. The first-order chi connectivity index (χ1) is 7.25. The smallest absolute Gasteiger partial charge is 0.227 e. The van der Waals surface area contributed by atoms with E-state index in [4.69, 9.17) is 0 Å². The molecule has 0 radical (unpaired) electrons. The molecule has 1 fully saturated rings. The van der Waals surface area contributed by atoms with Gasteiger partial charge in [0.25, 0.3) is 0 Å². The van der Waals surface area contributed by atoms with Crippen molar-refractivity contribution in [3.63, 3.8) is 0 Å². The second-order valence-electron chi connectivity index (χ2n) is 6.23. The molecule has 0 spiro atoms. The number of carbonyl (C=O) groups excluding carboxylic acids is 1. The van der Waals surface area contributed by atoms with Crippen LogP contribution >= 0.6 is 0 Å². The molecule has 1 saturated heterocycles. The minimum Gasteiger partial charge on any atom is -0.342 e. The summed E-state index contributed by atoms with van der Waals surface area (Å²) in [5.74, 6) is 0.914. The van der Waals surface area contributed by atoms with E-state index in [1.807, 2.05) is 11.9 Å². The van der Waals surface area contributed by atoms with Crippen molar-refractivity contribution in [2.24, 2.45) is 17.3 Å². The number of amides is 1. The maximum Gasteiger partial charge on any atom is 0.227 e. The molecule has 3 atom stereocenters. The molecule has 1 rings (SSSR count). The quantitative estimate of drug-likeness (QED) is 0.778. The number of nitrogens with one attached hydrogen (secondary N) is 1. The number of hydrogen-bond donors (Lipinski definition) is 1. The van der Waals surface area contributed by atoms with Crippen LogP contribution in [0.15, 0.2) is 0 Å². The van der Waals surface area contributed by atoms with Crippen LogP contribution in [-0.4, -0.2) is 37.0 Å². The average Bonchev–Trinajstić information content (AvgIpc) is 2.59. The first-order valence-corrected chi connectivity index (χ1v) is 6.22. The van der Waals surface area contributed by atoms with Crippen molar-refractivity contribution in [2.75, 3.05) is 20.1 Å². The topological polar surface area (TPSA) is 32.3 Å². The lowest BCUT2D eigenvalue weighted by molar-refractivity contribution is -0.138. The highest BCUT2D eigenvalue weighted by Gasteiger charge is 2.35. The Morgan fingerprint density at radius 3 is 2.31 bits per heavy atom. The van der Waals surface area contributed by atoms with Crippen LogP contribution in [0.3, 0.4) is 0 Å². The zero-order valence-corrected chi connectivity index (χ0v) is 11.5. The Balaban J connectivity index is 2.67. The van der Waals surface area contributed by atoms with E-state index in [0.29, 0.717) is 11.8 Å². The van der Waals surface area contributed by atoms with Crippen molar-refractivity contribution in [1.82, 2.24) is 10.2 Å². The minimum atomic E-state index is 0.139. The number of hydrogen-bond acceptors (Lipinski definition) is 2. The second kappa shape index (κ2) is 4.74. The van der Waals surface area contributed by atoms with Crippen LogP contribution in [-0.2, 0) is 4.79 Å². The van der Waals surface area contributed by atoms with Crippen LogP contribution < -0.4 is 5.32 Å². The molecule has 1 unspecified atom stereocenters. The van der Waals surface area contributed by atoms with Crippen molar-refractivity contribution in [3.8, 4) is 0 Å². The lowest BCUT2D eigenvalue weighted by Crippen LogP contribution is -2.46. The molecule has 94 valence electrons. The van der Waals surface area contributed by atoms with Gasteiger partial charge in [-0.3, -0.25) is 4.79 Å². The van der Waals surface area contributed by atoms with E-state index in [1.54, 1.807) is 0 Å². The SMILES string of the molecule is CC(N(C)C(=O)[C@@H]1CNC[C@H]1C)C(C)(C)C. The van der Waals surface area contributed by atoms with Crippen molar-refractivity contribution in [1.29, 1.82) is 0 Å². The molecule has 0 aliphatic carbocycles. The fourth-order valence-electron chi connectivity index (χ4n) is 2.17. The van der Waals surface area contributed by atoms with Gasteiger partial charge in [0.15, 0.2) is 0 Å². The van der Waals surface area contributed by atoms with E-state index >= 15 is 0 Å². The van der Waals surface area contributed by atoms with E-state index in [9.17, 15) is 4.79 Å². The van der Waals surface area contributed by atoms with Crippen LogP contribution in [0.4, 0.5) is 0 Å². The third-order valence-corrected chi connectivity index (χ3v) is 4.02. The summed E-state index contributed by atoms with van der Waals surface area (Å²) < 4.78 is 0. The molecule has 1 heterocycles. The van der Waals surface area contributed by atoms with Crippen molar-refractivity contribution >= 4 is 5.91 Å².